The van der Waals surface area contributed by atoms with Gasteiger partial charge in [0.05, 0.1) is 18.6 Å². The molecule has 0 spiro atoms. The molecule has 2 aromatic rings. The van der Waals surface area contributed by atoms with Crippen molar-refractivity contribution in [2.24, 2.45) is 0 Å². The number of aryl methyl sites for hydroxylation is 1. The Bertz CT molecular complexity index is 577. The first-order valence-electron chi connectivity index (χ1n) is 6.14. The van der Waals surface area contributed by atoms with E-state index in [1.807, 2.05) is 0 Å². The fourth-order valence-electron chi connectivity index (χ4n) is 2.37. The van der Waals surface area contributed by atoms with Gasteiger partial charge in [0.15, 0.2) is 0 Å². The average molecular weight is 259 g/mol. The van der Waals surface area contributed by atoms with Gasteiger partial charge < -0.3 is 4.74 Å². The second kappa shape index (κ2) is 4.75. The van der Waals surface area contributed by atoms with Crippen LogP contribution in [0.25, 0.3) is 0 Å². The molecule has 18 heavy (non-hydrogen) atoms. The van der Waals surface area contributed by atoms with Crippen molar-refractivity contribution in [1.29, 1.82) is 0 Å². The van der Waals surface area contributed by atoms with Gasteiger partial charge in [0, 0.05) is 0 Å². The van der Waals surface area contributed by atoms with E-state index in [1.54, 1.807) is 0 Å². The molecule has 0 fully saturated rings. The van der Waals surface area contributed by atoms with Gasteiger partial charge in [-0.05, 0) is 29.2 Å². The third-order valence-electron chi connectivity index (χ3n) is 3.37. The van der Waals surface area contributed by atoms with E-state index in [1.165, 1.54) is 16.7 Å². The first-order valence-corrected chi connectivity index (χ1v) is 6.58. The van der Waals surface area contributed by atoms with Crippen LogP contribution in [0.4, 0.5) is 0 Å². The minimum absolute atomic E-state index is 0.0872. The number of benzene rings is 2. The van der Waals surface area contributed by atoms with Gasteiger partial charge in [0.1, 0.15) is 0 Å². The minimum atomic E-state index is -0.0872. The molecule has 92 valence electrons. The molecule has 0 bridgehead atoms. The fourth-order valence-corrected chi connectivity index (χ4v) is 2.64. The van der Waals surface area contributed by atoms with E-state index in [0.717, 1.165) is 17.7 Å². The summed E-state index contributed by atoms with van der Waals surface area (Å²) in [7, 11) is 0. The van der Waals surface area contributed by atoms with Crippen LogP contribution in [-0.2, 0) is 18.0 Å². The van der Waals surface area contributed by atoms with Gasteiger partial charge in [-0.3, -0.25) is 0 Å². The first-order chi connectivity index (χ1) is 8.74. The summed E-state index contributed by atoms with van der Waals surface area (Å²) in [5, 5.41) is -0.0872. The van der Waals surface area contributed by atoms with Crippen molar-refractivity contribution in [3.63, 3.8) is 0 Å². The van der Waals surface area contributed by atoms with Crippen molar-refractivity contribution in [3.8, 4) is 0 Å². The number of hydrogen-bond acceptors (Lipinski definition) is 1. The first kappa shape index (κ1) is 11.8. The number of alkyl halides is 1. The van der Waals surface area contributed by atoms with Crippen LogP contribution < -0.4 is 0 Å². The number of hydrogen-bond donors (Lipinski definition) is 0. The Morgan fingerprint density at radius 3 is 2.61 bits per heavy atom. The topological polar surface area (TPSA) is 9.23 Å². The molecular weight excluding hydrogens is 244 g/mol. The smallest absolute Gasteiger partial charge is 0.0835 e. The molecule has 1 nitrogen and oxygen atoms in total. The van der Waals surface area contributed by atoms with Crippen LogP contribution in [0, 0.1) is 6.92 Å². The largest absolute Gasteiger partial charge is 0.372 e. The van der Waals surface area contributed by atoms with E-state index < -0.39 is 0 Å². The van der Waals surface area contributed by atoms with Crippen LogP contribution in [-0.4, -0.2) is 0 Å². The lowest BCUT2D eigenvalue weighted by atomic mass is 9.99. The van der Waals surface area contributed by atoms with E-state index in [9.17, 15) is 0 Å². The summed E-state index contributed by atoms with van der Waals surface area (Å²) in [6.45, 7) is 3.53. The van der Waals surface area contributed by atoms with Crippen LogP contribution >= 0.6 is 11.6 Å². The zero-order valence-corrected chi connectivity index (χ0v) is 11.1. The van der Waals surface area contributed by atoms with Crippen LogP contribution in [0.1, 0.15) is 33.2 Å². The van der Waals surface area contributed by atoms with Crippen LogP contribution in [0.15, 0.2) is 42.5 Å². The SMILES string of the molecule is Cc1cccc(C(Cl)c2ccc3c(c2)COC3)c1. The molecule has 1 aliphatic heterocycles. The van der Waals surface area contributed by atoms with Crippen molar-refractivity contribution in [2.75, 3.05) is 0 Å². The van der Waals surface area contributed by atoms with E-state index >= 15 is 0 Å². The maximum Gasteiger partial charge on any atom is 0.0835 e. The molecule has 0 aromatic heterocycles. The molecule has 1 heterocycles. The lowest BCUT2D eigenvalue weighted by molar-refractivity contribution is 0.134. The molecule has 0 amide bonds. The van der Waals surface area contributed by atoms with Crippen LogP contribution in [0.5, 0.6) is 0 Å². The second-order valence-electron chi connectivity index (χ2n) is 4.80. The van der Waals surface area contributed by atoms with Crippen molar-refractivity contribution in [3.05, 3.63) is 70.3 Å². The third-order valence-corrected chi connectivity index (χ3v) is 3.88. The molecular formula is C16H15ClO. The van der Waals surface area contributed by atoms with Crippen LogP contribution in [0.3, 0.4) is 0 Å². The van der Waals surface area contributed by atoms with Gasteiger partial charge in [-0.25, -0.2) is 0 Å². The number of rotatable bonds is 2. The molecule has 2 heteroatoms. The number of halogens is 1. The normalized spacial score (nSPS) is 15.4. The highest BCUT2D eigenvalue weighted by atomic mass is 35.5. The predicted molar refractivity (Wildman–Crippen MR) is 73.8 cm³/mol. The average Bonchev–Trinajstić information content (AvgIpc) is 2.85. The monoisotopic (exact) mass is 258 g/mol. The molecule has 0 saturated heterocycles. The standard InChI is InChI=1S/C16H15ClO/c1-11-3-2-4-12(7-11)16(17)13-5-6-14-9-18-10-15(14)8-13/h2-8,16H,9-10H2,1H3. The van der Waals surface area contributed by atoms with Gasteiger partial charge in [-0.2, -0.15) is 0 Å². The highest BCUT2D eigenvalue weighted by Gasteiger charge is 2.16. The molecule has 3 rings (SSSR count). The zero-order chi connectivity index (χ0) is 12.5. The fraction of sp³-hybridized carbons (Fsp3) is 0.250. The summed E-state index contributed by atoms with van der Waals surface area (Å²) in [6, 6.07) is 14.8. The Kier molecular flexibility index (Phi) is 3.11. The molecule has 1 atom stereocenters. The summed E-state index contributed by atoms with van der Waals surface area (Å²) in [4.78, 5) is 0. The van der Waals surface area contributed by atoms with Crippen molar-refractivity contribution >= 4 is 11.6 Å². The van der Waals surface area contributed by atoms with Crippen molar-refractivity contribution in [1.82, 2.24) is 0 Å². The van der Waals surface area contributed by atoms with Crippen LogP contribution in [0.2, 0.25) is 0 Å². The zero-order valence-electron chi connectivity index (χ0n) is 10.3. The van der Waals surface area contributed by atoms with Crippen molar-refractivity contribution in [2.45, 2.75) is 25.5 Å². The Hall–Kier alpha value is -1.31. The number of ether oxygens (including phenoxy) is 1. The lowest BCUT2D eigenvalue weighted by Crippen LogP contribution is -1.95. The quantitative estimate of drug-likeness (QED) is 0.728. The second-order valence-corrected chi connectivity index (χ2v) is 5.23. The Morgan fingerprint density at radius 2 is 1.78 bits per heavy atom. The van der Waals surface area contributed by atoms with Gasteiger partial charge in [0.2, 0.25) is 0 Å². The van der Waals surface area contributed by atoms with Gasteiger partial charge in [0.25, 0.3) is 0 Å². The Morgan fingerprint density at radius 1 is 1.00 bits per heavy atom. The van der Waals surface area contributed by atoms with E-state index in [2.05, 4.69) is 49.4 Å². The third kappa shape index (κ3) is 2.16. The van der Waals surface area contributed by atoms with E-state index in [4.69, 9.17) is 16.3 Å². The summed E-state index contributed by atoms with van der Waals surface area (Å²) in [5.74, 6) is 0. The highest BCUT2D eigenvalue weighted by Crippen LogP contribution is 2.32. The van der Waals surface area contributed by atoms with E-state index in [0.29, 0.717) is 6.61 Å². The lowest BCUT2D eigenvalue weighted by Gasteiger charge is -2.12. The molecule has 2 aromatic carbocycles. The predicted octanol–water partition coefficient (Wildman–Crippen LogP) is 4.35. The molecule has 0 N–H and O–H groups in total. The maximum atomic E-state index is 6.56. The molecule has 0 aliphatic carbocycles. The molecule has 0 saturated carbocycles. The maximum absolute atomic E-state index is 6.56. The number of fused-ring (bicyclic) bond motifs is 1. The summed E-state index contributed by atoms with van der Waals surface area (Å²) in [5.41, 5.74) is 6.09. The molecule has 1 aliphatic rings. The van der Waals surface area contributed by atoms with Gasteiger partial charge >= 0.3 is 0 Å². The van der Waals surface area contributed by atoms with Gasteiger partial charge in [-0.15, -0.1) is 11.6 Å². The highest BCUT2D eigenvalue weighted by molar-refractivity contribution is 6.22. The molecule has 1 unspecified atom stereocenters. The summed E-state index contributed by atoms with van der Waals surface area (Å²) >= 11 is 6.56. The van der Waals surface area contributed by atoms with E-state index in [-0.39, 0.29) is 5.38 Å². The Labute approximate surface area is 112 Å². The minimum Gasteiger partial charge on any atom is -0.372 e. The summed E-state index contributed by atoms with van der Waals surface area (Å²) in [6.07, 6.45) is 0. The molecule has 0 radical (unpaired) electrons. The Balaban J connectivity index is 1.95. The van der Waals surface area contributed by atoms with Crippen molar-refractivity contribution < 1.29 is 4.74 Å². The summed E-state index contributed by atoms with van der Waals surface area (Å²) < 4.78 is 5.43. The van der Waals surface area contributed by atoms with Gasteiger partial charge in [-0.1, -0.05) is 48.0 Å².